The minimum Gasteiger partial charge on any atom is -0.452 e. The summed E-state index contributed by atoms with van der Waals surface area (Å²) >= 11 is 0. The quantitative estimate of drug-likeness (QED) is 0.562. The van der Waals surface area contributed by atoms with Crippen molar-refractivity contribution in [3.8, 4) is 0 Å². The van der Waals surface area contributed by atoms with Gasteiger partial charge in [0.25, 0.3) is 5.91 Å². The van der Waals surface area contributed by atoms with Crippen LogP contribution in [0.5, 0.6) is 0 Å². The van der Waals surface area contributed by atoms with E-state index in [0.717, 1.165) is 0 Å². The molecular weight excluding hydrogens is 198 g/mol. The Balaban J connectivity index is 2.66. The van der Waals surface area contributed by atoms with Gasteiger partial charge in [-0.15, -0.1) is 0 Å². The molecule has 0 aliphatic carbocycles. The Kier molecular flexibility index (Phi) is 3.56. The zero-order chi connectivity index (χ0) is 11.3. The number of nitrogens with two attached hydrogens (primary N) is 1. The number of primary amides is 1. The fraction of sp³-hybridized carbons (Fsp3) is 0.100. The van der Waals surface area contributed by atoms with E-state index in [0.29, 0.717) is 11.8 Å². The molecule has 0 bridgehead atoms. The van der Waals surface area contributed by atoms with E-state index in [4.69, 9.17) is 5.73 Å². The molecule has 0 fully saturated rings. The number of ether oxygens (including phenoxy) is 1. The lowest BCUT2D eigenvalue weighted by molar-refractivity contribution is -0.121. The van der Waals surface area contributed by atoms with Crippen molar-refractivity contribution in [1.29, 1.82) is 0 Å². The second-order valence-corrected chi connectivity index (χ2v) is 2.78. The summed E-state index contributed by atoms with van der Waals surface area (Å²) in [6.07, 6.45) is 0.665. The predicted octanol–water partition coefficient (Wildman–Crippen LogP) is 0.141. The molecule has 0 radical (unpaired) electrons. The first-order chi connectivity index (χ1) is 7.13. The minimum absolute atomic E-state index is 0.266. The Hall–Kier alpha value is -2.17. The van der Waals surface area contributed by atoms with Crippen molar-refractivity contribution >= 4 is 18.2 Å². The summed E-state index contributed by atoms with van der Waals surface area (Å²) in [5, 5.41) is 0. The number of benzene rings is 1. The Morgan fingerprint density at radius 2 is 1.87 bits per heavy atom. The minimum atomic E-state index is -0.715. The maximum absolute atomic E-state index is 11.2. The molecule has 15 heavy (non-hydrogen) atoms. The highest BCUT2D eigenvalue weighted by Gasteiger charge is 2.07. The molecule has 0 aliphatic heterocycles. The molecule has 2 N–H and O–H groups in total. The Bertz CT molecular complexity index is 383. The van der Waals surface area contributed by atoms with E-state index in [1.54, 1.807) is 0 Å². The molecule has 78 valence electrons. The molecule has 5 nitrogen and oxygen atoms in total. The average Bonchev–Trinajstić information content (AvgIpc) is 2.26. The van der Waals surface area contributed by atoms with Gasteiger partial charge in [0, 0.05) is 5.56 Å². The van der Waals surface area contributed by atoms with Gasteiger partial charge >= 0.3 is 5.97 Å². The number of esters is 1. The molecule has 0 spiro atoms. The molecule has 1 rings (SSSR count). The number of aldehydes is 1. The molecular formula is C10H9NO4. The van der Waals surface area contributed by atoms with E-state index < -0.39 is 18.5 Å². The van der Waals surface area contributed by atoms with Crippen LogP contribution in [0.4, 0.5) is 0 Å². The Morgan fingerprint density at radius 1 is 1.27 bits per heavy atom. The van der Waals surface area contributed by atoms with E-state index >= 15 is 0 Å². The lowest BCUT2D eigenvalue weighted by Gasteiger charge is -2.01. The highest BCUT2D eigenvalue weighted by molar-refractivity contribution is 5.91. The summed E-state index contributed by atoms with van der Waals surface area (Å²) in [5.41, 5.74) is 5.53. The number of hydrogen-bond acceptors (Lipinski definition) is 4. The number of hydrogen-bond donors (Lipinski definition) is 1. The van der Waals surface area contributed by atoms with E-state index in [1.807, 2.05) is 0 Å². The van der Waals surface area contributed by atoms with Gasteiger partial charge in [0.05, 0.1) is 5.56 Å². The van der Waals surface area contributed by atoms with Crippen LogP contribution in [0.25, 0.3) is 0 Å². The van der Waals surface area contributed by atoms with Gasteiger partial charge in [-0.1, -0.05) is 12.1 Å². The normalized spacial score (nSPS) is 9.33. The van der Waals surface area contributed by atoms with E-state index in [-0.39, 0.29) is 5.56 Å². The fourth-order valence-corrected chi connectivity index (χ4v) is 0.918. The van der Waals surface area contributed by atoms with Gasteiger partial charge in [0.2, 0.25) is 0 Å². The molecule has 0 heterocycles. The number of rotatable bonds is 4. The predicted molar refractivity (Wildman–Crippen MR) is 51.3 cm³/mol. The molecule has 0 atom stereocenters. The van der Waals surface area contributed by atoms with Gasteiger partial charge in [-0.25, -0.2) is 4.79 Å². The Morgan fingerprint density at radius 3 is 2.33 bits per heavy atom. The maximum Gasteiger partial charge on any atom is 0.338 e. The van der Waals surface area contributed by atoms with E-state index in [2.05, 4.69) is 4.74 Å². The summed E-state index contributed by atoms with van der Waals surface area (Å²) in [6.45, 7) is -0.450. The third kappa shape index (κ3) is 3.22. The summed E-state index contributed by atoms with van der Waals surface area (Å²) in [6, 6.07) is 5.84. The smallest absolute Gasteiger partial charge is 0.338 e. The van der Waals surface area contributed by atoms with E-state index in [1.165, 1.54) is 24.3 Å². The number of carbonyl (C=O) groups excluding carboxylic acids is 3. The van der Waals surface area contributed by atoms with Gasteiger partial charge in [-0.2, -0.15) is 0 Å². The van der Waals surface area contributed by atoms with Crippen LogP contribution in [0.1, 0.15) is 20.7 Å². The molecule has 0 saturated carbocycles. The molecule has 0 aromatic heterocycles. The van der Waals surface area contributed by atoms with Crippen LogP contribution in [0, 0.1) is 0 Å². The van der Waals surface area contributed by atoms with Gasteiger partial charge in [0.15, 0.2) is 6.61 Å². The van der Waals surface area contributed by atoms with Crippen LogP contribution >= 0.6 is 0 Å². The molecule has 1 aromatic rings. The van der Waals surface area contributed by atoms with Gasteiger partial charge in [-0.05, 0) is 12.1 Å². The third-order valence-corrected chi connectivity index (χ3v) is 1.63. The molecule has 5 heteroatoms. The van der Waals surface area contributed by atoms with Crippen LogP contribution in [-0.4, -0.2) is 24.8 Å². The van der Waals surface area contributed by atoms with Crippen molar-refractivity contribution < 1.29 is 19.1 Å². The summed E-state index contributed by atoms with van der Waals surface area (Å²) < 4.78 is 4.56. The first-order valence-electron chi connectivity index (χ1n) is 4.14. The van der Waals surface area contributed by atoms with Crippen molar-refractivity contribution in [3.05, 3.63) is 35.4 Å². The summed E-state index contributed by atoms with van der Waals surface area (Å²) in [4.78, 5) is 31.9. The first kappa shape index (κ1) is 10.9. The van der Waals surface area contributed by atoms with Crippen LogP contribution in [0.2, 0.25) is 0 Å². The van der Waals surface area contributed by atoms with Gasteiger partial charge in [-0.3, -0.25) is 9.59 Å². The van der Waals surface area contributed by atoms with Crippen molar-refractivity contribution in [2.75, 3.05) is 6.61 Å². The van der Waals surface area contributed by atoms with Crippen molar-refractivity contribution in [3.63, 3.8) is 0 Å². The molecule has 0 aliphatic rings. The summed E-state index contributed by atoms with van der Waals surface area (Å²) in [7, 11) is 0. The largest absolute Gasteiger partial charge is 0.452 e. The summed E-state index contributed by atoms with van der Waals surface area (Å²) in [5.74, 6) is -1.36. The number of carbonyl (C=O) groups is 3. The molecule has 1 amide bonds. The second-order valence-electron chi connectivity index (χ2n) is 2.78. The highest BCUT2D eigenvalue weighted by Crippen LogP contribution is 2.04. The van der Waals surface area contributed by atoms with Crippen LogP contribution in [0.15, 0.2) is 24.3 Å². The van der Waals surface area contributed by atoms with Crippen LogP contribution < -0.4 is 5.73 Å². The molecule has 0 saturated heterocycles. The van der Waals surface area contributed by atoms with Gasteiger partial charge < -0.3 is 10.5 Å². The second kappa shape index (κ2) is 4.90. The van der Waals surface area contributed by atoms with Gasteiger partial charge in [0.1, 0.15) is 6.29 Å². The SMILES string of the molecule is NC(=O)COC(=O)c1ccc(C=O)cc1. The average molecular weight is 207 g/mol. The zero-order valence-electron chi connectivity index (χ0n) is 7.80. The third-order valence-electron chi connectivity index (χ3n) is 1.63. The van der Waals surface area contributed by atoms with Crippen LogP contribution in [0.3, 0.4) is 0 Å². The van der Waals surface area contributed by atoms with Crippen LogP contribution in [-0.2, 0) is 9.53 Å². The Labute approximate surface area is 85.8 Å². The first-order valence-corrected chi connectivity index (χ1v) is 4.14. The van der Waals surface area contributed by atoms with Crippen molar-refractivity contribution in [1.82, 2.24) is 0 Å². The fourth-order valence-electron chi connectivity index (χ4n) is 0.918. The van der Waals surface area contributed by atoms with Crippen molar-refractivity contribution in [2.24, 2.45) is 5.73 Å². The highest BCUT2D eigenvalue weighted by atomic mass is 16.5. The number of amides is 1. The molecule has 0 unspecified atom stereocenters. The topological polar surface area (TPSA) is 86.5 Å². The zero-order valence-corrected chi connectivity index (χ0v) is 7.80. The van der Waals surface area contributed by atoms with Crippen molar-refractivity contribution in [2.45, 2.75) is 0 Å². The lowest BCUT2D eigenvalue weighted by atomic mass is 10.1. The monoisotopic (exact) mass is 207 g/mol. The lowest BCUT2D eigenvalue weighted by Crippen LogP contribution is -2.20. The maximum atomic E-state index is 11.2. The van der Waals surface area contributed by atoms with E-state index in [9.17, 15) is 14.4 Å². The molecule has 1 aromatic carbocycles. The standard InChI is InChI=1S/C10H9NO4/c11-9(13)6-15-10(14)8-3-1-7(5-12)2-4-8/h1-5H,6H2,(H2,11,13).